The molecule has 1 aromatic carbocycles. The van der Waals surface area contributed by atoms with Gasteiger partial charge in [-0.05, 0) is 33.3 Å². The highest BCUT2D eigenvalue weighted by Crippen LogP contribution is 2.44. The maximum absolute atomic E-state index is 13.0. The lowest BCUT2D eigenvalue weighted by atomic mass is 9.87. The van der Waals surface area contributed by atoms with E-state index in [9.17, 15) is 9.59 Å². The van der Waals surface area contributed by atoms with Gasteiger partial charge in [-0.2, -0.15) is 5.06 Å². The van der Waals surface area contributed by atoms with Crippen molar-refractivity contribution in [3.8, 4) is 0 Å². The fraction of sp³-hybridized carbons (Fsp3) is 0.556. The van der Waals surface area contributed by atoms with Crippen molar-refractivity contribution in [3.63, 3.8) is 0 Å². The molecule has 2 heterocycles. The predicted octanol–water partition coefficient (Wildman–Crippen LogP) is 2.76. The van der Waals surface area contributed by atoms with Gasteiger partial charge in [-0.3, -0.25) is 9.63 Å². The number of hydroxylamine groups is 2. The monoisotopic (exact) mass is 332 g/mol. The number of imide groups is 1. The van der Waals surface area contributed by atoms with Crippen molar-refractivity contribution in [2.45, 2.75) is 45.4 Å². The van der Waals surface area contributed by atoms with Crippen molar-refractivity contribution in [2.75, 3.05) is 13.2 Å². The largest absolute Gasteiger partial charge is 0.447 e. The van der Waals surface area contributed by atoms with E-state index in [-0.39, 0.29) is 30.2 Å². The number of nitrogens with zero attached hydrogens (tertiary/aromatic N) is 2. The predicted molar refractivity (Wildman–Crippen MR) is 87.9 cm³/mol. The number of hydrogen-bond donors (Lipinski definition) is 0. The van der Waals surface area contributed by atoms with Crippen LogP contribution in [0.5, 0.6) is 0 Å². The number of carbonyl (C=O) groups excluding carboxylic acids is 2. The Balaban J connectivity index is 1.99. The molecule has 6 heteroatoms. The third kappa shape index (κ3) is 2.91. The second-order valence-electron chi connectivity index (χ2n) is 7.29. The van der Waals surface area contributed by atoms with Gasteiger partial charge in [0, 0.05) is 5.54 Å². The first-order chi connectivity index (χ1) is 11.3. The van der Waals surface area contributed by atoms with Crippen LogP contribution in [-0.2, 0) is 14.4 Å². The van der Waals surface area contributed by atoms with Gasteiger partial charge >= 0.3 is 6.09 Å². The topological polar surface area (TPSA) is 59.1 Å². The van der Waals surface area contributed by atoms with Gasteiger partial charge in [-0.1, -0.05) is 30.3 Å². The first-order valence-electron chi connectivity index (χ1n) is 8.30. The van der Waals surface area contributed by atoms with Crippen LogP contribution in [0.1, 0.15) is 39.3 Å². The van der Waals surface area contributed by atoms with Crippen molar-refractivity contribution in [2.24, 2.45) is 5.92 Å². The van der Waals surface area contributed by atoms with Crippen LogP contribution in [0.2, 0.25) is 0 Å². The molecular formula is C18H24N2O4. The van der Waals surface area contributed by atoms with E-state index in [1.807, 2.05) is 63.1 Å². The summed E-state index contributed by atoms with van der Waals surface area (Å²) in [6.07, 6.45) is -0.886. The molecule has 2 saturated heterocycles. The molecule has 2 fully saturated rings. The Hall–Kier alpha value is -1.92. The van der Waals surface area contributed by atoms with Gasteiger partial charge in [-0.25, -0.2) is 9.69 Å². The SMILES string of the molecule is C[C@H]1ON(C(C)(C)C)[C@H](c2ccccc2)[C@@H]1C(=O)N1CCOC1=O. The van der Waals surface area contributed by atoms with Crippen molar-refractivity contribution in [1.82, 2.24) is 9.96 Å². The van der Waals surface area contributed by atoms with E-state index >= 15 is 0 Å². The molecule has 0 aromatic heterocycles. The highest BCUT2D eigenvalue weighted by atomic mass is 16.7. The van der Waals surface area contributed by atoms with Gasteiger partial charge in [0.05, 0.1) is 24.6 Å². The molecule has 0 N–H and O–H groups in total. The second-order valence-corrected chi connectivity index (χ2v) is 7.29. The Bertz CT molecular complexity index is 626. The van der Waals surface area contributed by atoms with Crippen LogP contribution >= 0.6 is 0 Å². The summed E-state index contributed by atoms with van der Waals surface area (Å²) in [7, 11) is 0. The zero-order valence-corrected chi connectivity index (χ0v) is 14.6. The first kappa shape index (κ1) is 16.9. The molecule has 0 spiro atoms. The smallest absolute Gasteiger partial charge is 0.416 e. The summed E-state index contributed by atoms with van der Waals surface area (Å²) in [6, 6.07) is 9.58. The molecule has 0 bridgehead atoms. The summed E-state index contributed by atoms with van der Waals surface area (Å²) in [5, 5.41) is 1.89. The summed E-state index contributed by atoms with van der Waals surface area (Å²) in [5.41, 5.74) is 0.720. The zero-order chi connectivity index (χ0) is 17.5. The van der Waals surface area contributed by atoms with E-state index in [0.717, 1.165) is 5.56 Å². The number of rotatable bonds is 2. The van der Waals surface area contributed by atoms with Gasteiger partial charge in [0.2, 0.25) is 5.91 Å². The zero-order valence-electron chi connectivity index (χ0n) is 14.6. The number of hydrogen-bond acceptors (Lipinski definition) is 5. The van der Waals surface area contributed by atoms with Crippen molar-refractivity contribution in [1.29, 1.82) is 0 Å². The molecule has 2 aliphatic rings. The summed E-state index contributed by atoms with van der Waals surface area (Å²) in [4.78, 5) is 32.1. The molecule has 1 aromatic rings. The Morgan fingerprint density at radius 3 is 2.42 bits per heavy atom. The first-order valence-corrected chi connectivity index (χ1v) is 8.30. The highest BCUT2D eigenvalue weighted by Gasteiger charge is 2.52. The molecular weight excluding hydrogens is 308 g/mol. The summed E-state index contributed by atoms with van der Waals surface area (Å²) in [6.45, 7) is 8.58. The van der Waals surface area contributed by atoms with Crippen LogP contribution in [0.25, 0.3) is 0 Å². The average molecular weight is 332 g/mol. The molecule has 2 aliphatic heterocycles. The molecule has 130 valence electrons. The number of ether oxygens (including phenoxy) is 1. The van der Waals surface area contributed by atoms with Gasteiger partial charge in [0.15, 0.2) is 0 Å². The quantitative estimate of drug-likeness (QED) is 0.833. The average Bonchev–Trinajstić information content (AvgIpc) is 3.10. The number of benzene rings is 1. The lowest BCUT2D eigenvalue weighted by molar-refractivity contribution is -0.209. The van der Waals surface area contributed by atoms with Crippen molar-refractivity contribution < 1.29 is 19.2 Å². The van der Waals surface area contributed by atoms with E-state index in [1.54, 1.807) is 0 Å². The minimum Gasteiger partial charge on any atom is -0.447 e. The van der Waals surface area contributed by atoms with Gasteiger partial charge in [0.1, 0.15) is 6.61 Å². The molecule has 0 aliphatic carbocycles. The van der Waals surface area contributed by atoms with E-state index in [2.05, 4.69) is 0 Å². The Labute approximate surface area is 142 Å². The van der Waals surface area contributed by atoms with Crippen LogP contribution in [-0.4, -0.2) is 46.8 Å². The normalized spacial score (nSPS) is 28.2. The maximum atomic E-state index is 13.0. The van der Waals surface area contributed by atoms with Gasteiger partial charge < -0.3 is 4.74 Å². The number of carbonyl (C=O) groups is 2. The minimum absolute atomic E-state index is 0.231. The van der Waals surface area contributed by atoms with Crippen LogP contribution in [0.15, 0.2) is 30.3 Å². The standard InChI is InChI=1S/C18H24N2O4/c1-12-14(16(21)19-10-11-23-17(19)22)15(13-8-6-5-7-9-13)20(24-12)18(2,3)4/h5-9,12,14-15H,10-11H2,1-4H3/t12-,14-,15-/m1/s1. The van der Waals surface area contributed by atoms with E-state index in [1.165, 1.54) is 4.90 Å². The molecule has 2 amide bonds. The highest BCUT2D eigenvalue weighted by molar-refractivity contribution is 5.95. The summed E-state index contributed by atoms with van der Waals surface area (Å²) in [5.74, 6) is -0.692. The fourth-order valence-electron chi connectivity index (χ4n) is 3.39. The number of amides is 2. The van der Waals surface area contributed by atoms with Crippen molar-refractivity contribution in [3.05, 3.63) is 35.9 Å². The third-order valence-electron chi connectivity index (χ3n) is 4.49. The molecule has 6 nitrogen and oxygen atoms in total. The molecule has 24 heavy (non-hydrogen) atoms. The maximum Gasteiger partial charge on any atom is 0.416 e. The number of cyclic esters (lactones) is 1. The van der Waals surface area contributed by atoms with Gasteiger partial charge in [0.25, 0.3) is 0 Å². The third-order valence-corrected chi connectivity index (χ3v) is 4.49. The van der Waals surface area contributed by atoms with E-state index in [0.29, 0.717) is 6.54 Å². The Kier molecular flexibility index (Phi) is 4.36. The second kappa shape index (κ2) is 6.18. The van der Waals surface area contributed by atoms with Crippen LogP contribution in [0.3, 0.4) is 0 Å². The minimum atomic E-state index is -0.562. The molecule has 0 unspecified atom stereocenters. The van der Waals surface area contributed by atoms with Crippen LogP contribution < -0.4 is 0 Å². The van der Waals surface area contributed by atoms with E-state index in [4.69, 9.17) is 9.57 Å². The van der Waals surface area contributed by atoms with Gasteiger partial charge in [-0.15, -0.1) is 0 Å². The van der Waals surface area contributed by atoms with E-state index < -0.39 is 12.0 Å². The Morgan fingerprint density at radius 1 is 1.21 bits per heavy atom. The summed E-state index contributed by atoms with van der Waals surface area (Å²) >= 11 is 0. The molecule has 3 atom stereocenters. The molecule has 3 rings (SSSR count). The lowest BCUT2D eigenvalue weighted by Crippen LogP contribution is -2.44. The lowest BCUT2D eigenvalue weighted by Gasteiger charge is -2.36. The summed E-state index contributed by atoms with van der Waals surface area (Å²) < 4.78 is 4.93. The van der Waals surface area contributed by atoms with Crippen molar-refractivity contribution >= 4 is 12.0 Å². The molecule has 0 radical (unpaired) electrons. The molecule has 0 saturated carbocycles. The van der Waals surface area contributed by atoms with Crippen LogP contribution in [0, 0.1) is 5.92 Å². The van der Waals surface area contributed by atoms with Crippen LogP contribution in [0.4, 0.5) is 4.79 Å². The fourth-order valence-corrected chi connectivity index (χ4v) is 3.39. The Morgan fingerprint density at radius 2 is 1.88 bits per heavy atom.